The summed E-state index contributed by atoms with van der Waals surface area (Å²) >= 11 is 0. The Balaban J connectivity index is 1.73. The molecule has 104 valence electrons. The second kappa shape index (κ2) is 6.21. The Bertz CT molecular complexity index is 480. The standard InChI is InChI=1S/C18H21NO/c1-15(18-14-20-18)19(12-16-8-4-2-5-9-16)13-17-10-6-3-7-11-17/h2-11,15,18H,12-14H2,1H3/t15?,18-/m0/s1. The van der Waals surface area contributed by atoms with Crippen molar-refractivity contribution < 1.29 is 4.74 Å². The van der Waals surface area contributed by atoms with Gasteiger partial charge < -0.3 is 4.74 Å². The molecular weight excluding hydrogens is 246 g/mol. The highest BCUT2D eigenvalue weighted by Gasteiger charge is 2.33. The van der Waals surface area contributed by atoms with Gasteiger partial charge in [0.15, 0.2) is 0 Å². The third-order valence-corrected chi connectivity index (χ3v) is 3.93. The Morgan fingerprint density at radius 1 is 0.950 bits per heavy atom. The molecule has 2 aromatic carbocycles. The first-order chi connectivity index (χ1) is 9.83. The van der Waals surface area contributed by atoms with Crippen molar-refractivity contribution in [2.45, 2.75) is 32.2 Å². The van der Waals surface area contributed by atoms with Crippen molar-refractivity contribution in [3.63, 3.8) is 0 Å². The van der Waals surface area contributed by atoms with Gasteiger partial charge in [-0.25, -0.2) is 0 Å². The molecule has 1 heterocycles. The number of hydrogen-bond donors (Lipinski definition) is 0. The van der Waals surface area contributed by atoms with Crippen LogP contribution in [0.2, 0.25) is 0 Å². The molecule has 0 saturated carbocycles. The Morgan fingerprint density at radius 2 is 1.40 bits per heavy atom. The van der Waals surface area contributed by atoms with Gasteiger partial charge in [0.25, 0.3) is 0 Å². The molecule has 20 heavy (non-hydrogen) atoms. The van der Waals surface area contributed by atoms with E-state index in [1.54, 1.807) is 0 Å². The van der Waals surface area contributed by atoms with E-state index in [1.807, 2.05) is 0 Å². The van der Waals surface area contributed by atoms with E-state index in [2.05, 4.69) is 72.5 Å². The van der Waals surface area contributed by atoms with Gasteiger partial charge in [-0.1, -0.05) is 60.7 Å². The first kappa shape index (κ1) is 13.3. The molecule has 1 aliphatic heterocycles. The van der Waals surface area contributed by atoms with E-state index in [0.29, 0.717) is 12.1 Å². The van der Waals surface area contributed by atoms with Crippen LogP contribution < -0.4 is 0 Å². The summed E-state index contributed by atoms with van der Waals surface area (Å²) < 4.78 is 5.48. The molecule has 0 N–H and O–H groups in total. The number of benzene rings is 2. The lowest BCUT2D eigenvalue weighted by atomic mass is 10.1. The zero-order valence-corrected chi connectivity index (χ0v) is 11.9. The molecular formula is C18H21NO. The largest absolute Gasteiger partial charge is 0.371 e. The number of rotatable bonds is 6. The van der Waals surface area contributed by atoms with E-state index >= 15 is 0 Å². The zero-order valence-electron chi connectivity index (χ0n) is 11.9. The number of hydrogen-bond acceptors (Lipinski definition) is 2. The van der Waals surface area contributed by atoms with Gasteiger partial charge in [-0.3, -0.25) is 4.90 Å². The Kier molecular flexibility index (Phi) is 4.14. The topological polar surface area (TPSA) is 15.8 Å². The van der Waals surface area contributed by atoms with Gasteiger partial charge in [-0.15, -0.1) is 0 Å². The van der Waals surface area contributed by atoms with Crippen molar-refractivity contribution in [2.24, 2.45) is 0 Å². The SMILES string of the molecule is CC([C@@H]1CO1)N(Cc1ccccc1)Cc1ccccc1. The summed E-state index contributed by atoms with van der Waals surface area (Å²) in [6, 6.07) is 21.8. The van der Waals surface area contributed by atoms with Crippen molar-refractivity contribution in [3.05, 3.63) is 71.8 Å². The fraction of sp³-hybridized carbons (Fsp3) is 0.333. The van der Waals surface area contributed by atoms with Crippen LogP contribution in [0.1, 0.15) is 18.1 Å². The van der Waals surface area contributed by atoms with Crippen LogP contribution in [0.3, 0.4) is 0 Å². The molecule has 2 nitrogen and oxygen atoms in total. The Hall–Kier alpha value is -1.64. The Labute approximate surface area is 121 Å². The van der Waals surface area contributed by atoms with Crippen LogP contribution in [0.4, 0.5) is 0 Å². The molecule has 0 radical (unpaired) electrons. The third-order valence-electron chi connectivity index (χ3n) is 3.93. The maximum Gasteiger partial charge on any atom is 0.0962 e. The normalized spacial score (nSPS) is 19.0. The van der Waals surface area contributed by atoms with Gasteiger partial charge in [0.1, 0.15) is 0 Å². The van der Waals surface area contributed by atoms with Crippen LogP contribution in [0.5, 0.6) is 0 Å². The summed E-state index contributed by atoms with van der Waals surface area (Å²) in [5, 5.41) is 0. The average molecular weight is 267 g/mol. The first-order valence-corrected chi connectivity index (χ1v) is 7.26. The first-order valence-electron chi connectivity index (χ1n) is 7.26. The molecule has 1 aliphatic rings. The predicted octanol–water partition coefficient (Wildman–Crippen LogP) is 3.48. The van der Waals surface area contributed by atoms with Crippen molar-refractivity contribution >= 4 is 0 Å². The summed E-state index contributed by atoms with van der Waals surface area (Å²) in [6.45, 7) is 5.11. The predicted molar refractivity (Wildman–Crippen MR) is 81.3 cm³/mol. The quantitative estimate of drug-likeness (QED) is 0.745. The maximum absolute atomic E-state index is 5.48. The van der Waals surface area contributed by atoms with Crippen LogP contribution in [-0.2, 0) is 17.8 Å². The molecule has 2 atom stereocenters. The molecule has 1 saturated heterocycles. The molecule has 1 fully saturated rings. The smallest absolute Gasteiger partial charge is 0.0962 e. The van der Waals surface area contributed by atoms with Crippen LogP contribution >= 0.6 is 0 Å². The van der Waals surface area contributed by atoms with Gasteiger partial charge in [-0.2, -0.15) is 0 Å². The highest BCUT2D eigenvalue weighted by molar-refractivity contribution is 5.17. The fourth-order valence-electron chi connectivity index (χ4n) is 2.55. The van der Waals surface area contributed by atoms with Gasteiger partial charge in [0.05, 0.1) is 12.7 Å². The van der Waals surface area contributed by atoms with Crippen LogP contribution in [0.15, 0.2) is 60.7 Å². The number of epoxide rings is 1. The van der Waals surface area contributed by atoms with E-state index in [1.165, 1.54) is 11.1 Å². The van der Waals surface area contributed by atoms with Crippen molar-refractivity contribution in [3.8, 4) is 0 Å². The molecule has 0 amide bonds. The molecule has 0 aliphatic carbocycles. The number of ether oxygens (including phenoxy) is 1. The highest BCUT2D eigenvalue weighted by Crippen LogP contribution is 2.22. The van der Waals surface area contributed by atoms with E-state index in [4.69, 9.17) is 4.74 Å². The maximum atomic E-state index is 5.48. The highest BCUT2D eigenvalue weighted by atomic mass is 16.6. The minimum absolute atomic E-state index is 0.405. The summed E-state index contributed by atoms with van der Waals surface area (Å²) in [4.78, 5) is 2.50. The van der Waals surface area contributed by atoms with E-state index in [0.717, 1.165) is 19.7 Å². The molecule has 2 heteroatoms. The lowest BCUT2D eigenvalue weighted by Gasteiger charge is -2.28. The lowest BCUT2D eigenvalue weighted by molar-refractivity contribution is 0.157. The van der Waals surface area contributed by atoms with Crippen LogP contribution in [-0.4, -0.2) is 23.7 Å². The molecule has 0 bridgehead atoms. The third kappa shape index (κ3) is 3.47. The van der Waals surface area contributed by atoms with Gasteiger partial charge in [-0.05, 0) is 18.1 Å². The molecule has 0 spiro atoms. The zero-order chi connectivity index (χ0) is 13.8. The molecule has 0 aromatic heterocycles. The van der Waals surface area contributed by atoms with Crippen LogP contribution in [0.25, 0.3) is 0 Å². The number of nitrogens with zero attached hydrogens (tertiary/aromatic N) is 1. The van der Waals surface area contributed by atoms with Crippen LogP contribution in [0, 0.1) is 0 Å². The molecule has 2 aromatic rings. The molecule has 1 unspecified atom stereocenters. The van der Waals surface area contributed by atoms with Crippen molar-refractivity contribution in [2.75, 3.05) is 6.61 Å². The average Bonchev–Trinajstić information content (AvgIpc) is 3.33. The van der Waals surface area contributed by atoms with E-state index < -0.39 is 0 Å². The minimum Gasteiger partial charge on any atom is -0.371 e. The summed E-state index contributed by atoms with van der Waals surface area (Å²) in [7, 11) is 0. The second-order valence-corrected chi connectivity index (χ2v) is 5.49. The van der Waals surface area contributed by atoms with E-state index in [9.17, 15) is 0 Å². The summed E-state index contributed by atoms with van der Waals surface area (Å²) in [5.41, 5.74) is 2.71. The summed E-state index contributed by atoms with van der Waals surface area (Å²) in [6.07, 6.45) is 0.405. The van der Waals surface area contributed by atoms with Gasteiger partial charge in [0.2, 0.25) is 0 Å². The lowest BCUT2D eigenvalue weighted by Crippen LogP contribution is -2.36. The second-order valence-electron chi connectivity index (χ2n) is 5.49. The fourth-order valence-corrected chi connectivity index (χ4v) is 2.55. The van der Waals surface area contributed by atoms with Crippen molar-refractivity contribution in [1.29, 1.82) is 0 Å². The summed E-state index contributed by atoms with van der Waals surface area (Å²) in [5.74, 6) is 0. The van der Waals surface area contributed by atoms with Crippen molar-refractivity contribution in [1.82, 2.24) is 4.90 Å². The van der Waals surface area contributed by atoms with Gasteiger partial charge >= 0.3 is 0 Å². The minimum atomic E-state index is 0.405. The van der Waals surface area contributed by atoms with Gasteiger partial charge in [0, 0.05) is 19.1 Å². The van der Waals surface area contributed by atoms with E-state index in [-0.39, 0.29) is 0 Å². The Morgan fingerprint density at radius 3 is 1.80 bits per heavy atom. The molecule has 3 rings (SSSR count). The monoisotopic (exact) mass is 267 g/mol.